The zero-order valence-electron chi connectivity index (χ0n) is 17.5. The zero-order valence-corrected chi connectivity index (χ0v) is 17.5. The predicted octanol–water partition coefficient (Wildman–Crippen LogP) is 5.67. The van der Waals surface area contributed by atoms with E-state index < -0.39 is 0 Å². The molecule has 0 aliphatic rings. The van der Waals surface area contributed by atoms with Gasteiger partial charge in [-0.2, -0.15) is 0 Å². The summed E-state index contributed by atoms with van der Waals surface area (Å²) in [6.07, 6.45) is 9.10. The van der Waals surface area contributed by atoms with Gasteiger partial charge in [-0.1, -0.05) is 41.6 Å². The maximum absolute atomic E-state index is 5.76. The van der Waals surface area contributed by atoms with Gasteiger partial charge >= 0.3 is 0 Å². The Kier molecular flexibility index (Phi) is 9.13. The second-order valence-electron chi connectivity index (χ2n) is 6.85. The fourth-order valence-electron chi connectivity index (χ4n) is 3.08. The van der Waals surface area contributed by atoms with Crippen LogP contribution in [-0.4, -0.2) is 26.5 Å². The van der Waals surface area contributed by atoms with E-state index in [4.69, 9.17) is 9.57 Å². The minimum Gasteiger partial charge on any atom is -0.490 e. The summed E-state index contributed by atoms with van der Waals surface area (Å²) in [6, 6.07) is 12.7. The van der Waals surface area contributed by atoms with Crippen LogP contribution in [-0.2, 0) is 11.3 Å². The lowest BCUT2D eigenvalue weighted by atomic mass is 10.1. The molecule has 4 nitrogen and oxygen atoms in total. The van der Waals surface area contributed by atoms with Crippen molar-refractivity contribution >= 4 is 11.9 Å². The van der Waals surface area contributed by atoms with Crippen LogP contribution in [0.3, 0.4) is 0 Å². The molecule has 0 aromatic heterocycles. The average molecular weight is 381 g/mol. The number of hydrogen-bond acceptors (Lipinski definition) is 4. The van der Waals surface area contributed by atoms with Gasteiger partial charge in [-0.15, -0.1) is 0 Å². The largest absolute Gasteiger partial charge is 0.490 e. The van der Waals surface area contributed by atoms with Crippen molar-refractivity contribution in [3.8, 4) is 5.75 Å². The first kappa shape index (κ1) is 21.5. The normalized spacial score (nSPS) is 11.3. The van der Waals surface area contributed by atoms with E-state index in [1.54, 1.807) is 13.3 Å². The van der Waals surface area contributed by atoms with Crippen LogP contribution in [0.25, 0.3) is 0 Å². The lowest BCUT2D eigenvalue weighted by Crippen LogP contribution is -2.06. The Balaban J connectivity index is 1.76. The second-order valence-corrected chi connectivity index (χ2v) is 6.85. The summed E-state index contributed by atoms with van der Waals surface area (Å²) in [6.45, 7) is 7.85. The highest BCUT2D eigenvalue weighted by atomic mass is 16.6. The molecule has 0 spiro atoms. The summed E-state index contributed by atoms with van der Waals surface area (Å²) in [5.74, 6) is 0.928. The summed E-state index contributed by atoms with van der Waals surface area (Å²) >= 11 is 0. The van der Waals surface area contributed by atoms with Gasteiger partial charge in [0, 0.05) is 12.2 Å². The number of unbranched alkanes of at least 4 members (excludes halogenated alkanes) is 1. The summed E-state index contributed by atoms with van der Waals surface area (Å²) in [5.41, 5.74) is 6.08. The third-order valence-electron chi connectivity index (χ3n) is 4.57. The zero-order chi connectivity index (χ0) is 20.2. The molecule has 28 heavy (non-hydrogen) atoms. The monoisotopic (exact) mass is 380 g/mol. The molecule has 2 aromatic rings. The number of ether oxygens (including phenoxy) is 1. The maximum Gasteiger partial charge on any atom is 0.120 e. The van der Waals surface area contributed by atoms with Crippen LogP contribution in [0, 0.1) is 13.8 Å². The first-order valence-corrected chi connectivity index (χ1v) is 9.88. The van der Waals surface area contributed by atoms with Gasteiger partial charge in [0.15, 0.2) is 0 Å². The lowest BCUT2D eigenvalue weighted by molar-refractivity contribution is 0.215. The summed E-state index contributed by atoms with van der Waals surface area (Å²) in [5, 5.41) is 7.37. The number of nitrogens with one attached hydrogen (secondary N) is 1. The highest BCUT2D eigenvalue weighted by Gasteiger charge is 2.05. The van der Waals surface area contributed by atoms with E-state index in [1.807, 2.05) is 19.1 Å². The molecule has 0 heterocycles. The number of benzene rings is 2. The van der Waals surface area contributed by atoms with E-state index in [2.05, 4.69) is 60.7 Å². The van der Waals surface area contributed by atoms with Gasteiger partial charge in [0.05, 0.1) is 6.21 Å². The molecule has 1 N–H and O–H groups in total. The molecule has 0 aliphatic heterocycles. The van der Waals surface area contributed by atoms with Crippen LogP contribution in [0.5, 0.6) is 5.75 Å². The van der Waals surface area contributed by atoms with Crippen molar-refractivity contribution in [2.24, 2.45) is 5.16 Å². The summed E-state index contributed by atoms with van der Waals surface area (Å²) in [7, 11) is 1.55. The van der Waals surface area contributed by atoms with E-state index in [-0.39, 0.29) is 0 Å². The van der Waals surface area contributed by atoms with Crippen molar-refractivity contribution in [1.82, 2.24) is 0 Å². The van der Waals surface area contributed by atoms with Gasteiger partial charge in [0.1, 0.15) is 19.5 Å². The van der Waals surface area contributed by atoms with E-state index in [0.29, 0.717) is 6.61 Å². The Bertz CT molecular complexity index is 757. The van der Waals surface area contributed by atoms with Crippen LogP contribution >= 0.6 is 0 Å². The molecule has 2 rings (SSSR count). The molecular weight excluding hydrogens is 348 g/mol. The topological polar surface area (TPSA) is 42.8 Å². The van der Waals surface area contributed by atoms with E-state index in [0.717, 1.165) is 37.1 Å². The van der Waals surface area contributed by atoms with Crippen LogP contribution in [0.15, 0.2) is 53.7 Å². The average Bonchev–Trinajstić information content (AvgIpc) is 2.69. The molecule has 0 aliphatic carbocycles. The van der Waals surface area contributed by atoms with Crippen LogP contribution < -0.4 is 10.1 Å². The molecule has 2 aromatic carbocycles. The van der Waals surface area contributed by atoms with Crippen LogP contribution in [0.1, 0.15) is 42.0 Å². The molecule has 0 bridgehead atoms. The number of hydrogen-bond donors (Lipinski definition) is 1. The van der Waals surface area contributed by atoms with Crippen molar-refractivity contribution in [2.45, 2.75) is 40.0 Å². The molecular formula is C24H32N2O2. The first-order chi connectivity index (χ1) is 13.6. The molecule has 0 radical (unpaired) electrons. The number of aryl methyl sites for hydroxylation is 3. The number of nitrogens with zero attached hydrogens (tertiary/aromatic N) is 1. The third-order valence-corrected chi connectivity index (χ3v) is 4.57. The fraction of sp³-hybridized carbons (Fsp3) is 0.375. The number of oxime groups is 1. The predicted molar refractivity (Wildman–Crippen MR) is 119 cm³/mol. The highest BCUT2D eigenvalue weighted by Crippen LogP contribution is 2.26. The van der Waals surface area contributed by atoms with E-state index >= 15 is 0 Å². The van der Waals surface area contributed by atoms with Crippen LogP contribution in [0.2, 0.25) is 0 Å². The maximum atomic E-state index is 5.76. The van der Waals surface area contributed by atoms with Gasteiger partial charge in [-0.05, 0) is 74.4 Å². The molecule has 0 saturated heterocycles. The van der Waals surface area contributed by atoms with Gasteiger partial charge in [0.2, 0.25) is 0 Å². The molecule has 150 valence electrons. The van der Waals surface area contributed by atoms with E-state index in [1.165, 1.54) is 22.4 Å². The Hall–Kier alpha value is -2.75. The number of anilines is 1. The fourth-order valence-corrected chi connectivity index (χ4v) is 3.08. The van der Waals surface area contributed by atoms with Crippen molar-refractivity contribution in [3.63, 3.8) is 0 Å². The molecule has 4 heteroatoms. The van der Waals surface area contributed by atoms with Gasteiger partial charge in [0.25, 0.3) is 0 Å². The van der Waals surface area contributed by atoms with Crippen molar-refractivity contribution < 1.29 is 9.57 Å². The van der Waals surface area contributed by atoms with Gasteiger partial charge < -0.3 is 14.9 Å². The van der Waals surface area contributed by atoms with Crippen LogP contribution in [0.4, 0.5) is 5.69 Å². The van der Waals surface area contributed by atoms with Crippen molar-refractivity contribution in [3.05, 3.63) is 70.8 Å². The van der Waals surface area contributed by atoms with Crippen molar-refractivity contribution in [2.75, 3.05) is 25.6 Å². The third kappa shape index (κ3) is 7.10. The smallest absolute Gasteiger partial charge is 0.120 e. The SMILES string of the molecule is C/C=C/COc1cc(C)c(NCCCCc2ccc(C=NOC)cc2)c(C)c1. The highest BCUT2D eigenvalue weighted by molar-refractivity contribution is 5.79. The molecule has 0 fully saturated rings. The minimum absolute atomic E-state index is 0.613. The standard InChI is InChI=1S/C24H32N2O2/c1-5-6-15-28-23-16-19(2)24(20(3)17-23)25-14-8-7-9-21-10-12-22(13-11-21)18-26-27-4/h5-6,10-13,16-18,25H,7-9,14-15H2,1-4H3/b6-5+,26-18?. The first-order valence-electron chi connectivity index (χ1n) is 9.88. The number of rotatable bonds is 11. The van der Waals surface area contributed by atoms with Crippen molar-refractivity contribution in [1.29, 1.82) is 0 Å². The Morgan fingerprint density at radius 1 is 1.04 bits per heavy atom. The molecule has 0 unspecified atom stereocenters. The lowest BCUT2D eigenvalue weighted by Gasteiger charge is -2.15. The van der Waals surface area contributed by atoms with Gasteiger partial charge in [-0.3, -0.25) is 0 Å². The van der Waals surface area contributed by atoms with E-state index in [9.17, 15) is 0 Å². The summed E-state index contributed by atoms with van der Waals surface area (Å²) in [4.78, 5) is 4.70. The quantitative estimate of drug-likeness (QED) is 0.236. The summed E-state index contributed by atoms with van der Waals surface area (Å²) < 4.78 is 5.76. The Morgan fingerprint density at radius 2 is 1.75 bits per heavy atom. The van der Waals surface area contributed by atoms with Gasteiger partial charge in [-0.25, -0.2) is 0 Å². The Morgan fingerprint density at radius 3 is 2.39 bits per heavy atom. The Labute approximate surface area is 169 Å². The molecule has 0 amide bonds. The second kappa shape index (κ2) is 11.9. The minimum atomic E-state index is 0.613. The molecule has 0 atom stereocenters. The number of allylic oxidation sites excluding steroid dienone is 1. The molecule has 0 saturated carbocycles.